The summed E-state index contributed by atoms with van der Waals surface area (Å²) in [6.45, 7) is 4.90. The molecule has 1 aromatic heterocycles. The minimum absolute atomic E-state index is 0.0356. The van der Waals surface area contributed by atoms with Crippen LogP contribution in [0, 0.1) is 6.92 Å². The van der Waals surface area contributed by atoms with Gasteiger partial charge in [0.1, 0.15) is 0 Å². The third-order valence-corrected chi connectivity index (χ3v) is 5.40. The molecular formula is C19H23BrN6O2. The van der Waals surface area contributed by atoms with Gasteiger partial charge in [0.05, 0.1) is 0 Å². The predicted octanol–water partition coefficient (Wildman–Crippen LogP) is 2.41. The van der Waals surface area contributed by atoms with Gasteiger partial charge < -0.3 is 20.4 Å². The molecule has 1 aliphatic rings. The highest BCUT2D eigenvalue weighted by atomic mass is 79.9. The first-order valence-electron chi connectivity index (χ1n) is 9.13. The van der Waals surface area contributed by atoms with E-state index in [9.17, 15) is 9.59 Å². The smallest absolute Gasteiger partial charge is 0.319 e. The van der Waals surface area contributed by atoms with Crippen molar-refractivity contribution in [1.29, 1.82) is 0 Å². The molecule has 0 spiro atoms. The lowest BCUT2D eigenvalue weighted by atomic mass is 10.2. The number of urea groups is 1. The van der Waals surface area contributed by atoms with E-state index in [-0.39, 0.29) is 18.4 Å². The topological polar surface area (TPSA) is 90.5 Å². The Morgan fingerprint density at radius 1 is 1.14 bits per heavy atom. The molecule has 1 saturated heterocycles. The van der Waals surface area contributed by atoms with E-state index in [0.29, 0.717) is 44.4 Å². The third kappa shape index (κ3) is 5.41. The molecule has 2 N–H and O–H groups in total. The zero-order chi connectivity index (χ0) is 19.9. The maximum absolute atomic E-state index is 12.4. The minimum Gasteiger partial charge on any atom is -0.339 e. The van der Waals surface area contributed by atoms with Gasteiger partial charge in [0.2, 0.25) is 11.9 Å². The molecule has 1 aliphatic heterocycles. The van der Waals surface area contributed by atoms with Crippen molar-refractivity contribution in [3.05, 3.63) is 46.7 Å². The predicted molar refractivity (Wildman–Crippen MR) is 111 cm³/mol. The van der Waals surface area contributed by atoms with Gasteiger partial charge >= 0.3 is 6.03 Å². The van der Waals surface area contributed by atoms with E-state index in [1.165, 1.54) is 0 Å². The van der Waals surface area contributed by atoms with Crippen molar-refractivity contribution in [2.24, 2.45) is 0 Å². The Morgan fingerprint density at radius 3 is 2.54 bits per heavy atom. The van der Waals surface area contributed by atoms with Crippen LogP contribution in [0.5, 0.6) is 0 Å². The highest BCUT2D eigenvalue weighted by Gasteiger charge is 2.22. The molecule has 9 heteroatoms. The van der Waals surface area contributed by atoms with Crippen LogP contribution >= 0.6 is 15.9 Å². The van der Waals surface area contributed by atoms with E-state index in [2.05, 4.69) is 41.4 Å². The van der Waals surface area contributed by atoms with Crippen molar-refractivity contribution in [1.82, 2.24) is 20.2 Å². The summed E-state index contributed by atoms with van der Waals surface area (Å²) < 4.78 is 0.989. The summed E-state index contributed by atoms with van der Waals surface area (Å²) in [4.78, 5) is 36.7. The second-order valence-corrected chi connectivity index (χ2v) is 7.37. The number of hydrogen-bond donors (Lipinski definition) is 2. The number of aromatic nitrogens is 2. The van der Waals surface area contributed by atoms with Crippen molar-refractivity contribution in [2.45, 2.75) is 13.3 Å². The van der Waals surface area contributed by atoms with Crippen LogP contribution in [0.1, 0.15) is 12.0 Å². The normalized spacial score (nSPS) is 13.9. The fraction of sp³-hybridized carbons (Fsp3) is 0.368. The monoisotopic (exact) mass is 446 g/mol. The molecule has 0 unspecified atom stereocenters. The van der Waals surface area contributed by atoms with Crippen LogP contribution in [-0.2, 0) is 4.79 Å². The van der Waals surface area contributed by atoms with Crippen LogP contribution in [0.2, 0.25) is 0 Å². The Labute approximate surface area is 172 Å². The van der Waals surface area contributed by atoms with Crippen LogP contribution in [0.25, 0.3) is 0 Å². The maximum atomic E-state index is 12.4. The third-order valence-electron chi connectivity index (χ3n) is 4.51. The summed E-state index contributed by atoms with van der Waals surface area (Å²) in [5.41, 5.74) is 1.75. The van der Waals surface area contributed by atoms with Crippen LogP contribution in [-0.4, -0.2) is 59.5 Å². The number of halogens is 1. The summed E-state index contributed by atoms with van der Waals surface area (Å²) in [5, 5.41) is 5.50. The Bertz CT molecular complexity index is 824. The molecule has 0 radical (unpaired) electrons. The van der Waals surface area contributed by atoms with Crippen molar-refractivity contribution in [3.8, 4) is 0 Å². The van der Waals surface area contributed by atoms with Gasteiger partial charge in [-0.25, -0.2) is 14.8 Å². The van der Waals surface area contributed by atoms with Gasteiger partial charge in [0.15, 0.2) is 0 Å². The first kappa shape index (κ1) is 20.1. The van der Waals surface area contributed by atoms with E-state index in [1.807, 2.05) is 30.0 Å². The summed E-state index contributed by atoms with van der Waals surface area (Å²) in [7, 11) is 0. The molecule has 2 aromatic rings. The molecule has 2 heterocycles. The van der Waals surface area contributed by atoms with Gasteiger partial charge in [0, 0.05) is 61.7 Å². The van der Waals surface area contributed by atoms with Gasteiger partial charge in [-0.2, -0.15) is 0 Å². The Balaban J connectivity index is 1.37. The molecule has 0 saturated carbocycles. The van der Waals surface area contributed by atoms with E-state index in [4.69, 9.17) is 0 Å². The van der Waals surface area contributed by atoms with Gasteiger partial charge in [-0.1, -0.05) is 15.9 Å². The van der Waals surface area contributed by atoms with Crippen LogP contribution in [0.3, 0.4) is 0 Å². The van der Waals surface area contributed by atoms with E-state index in [0.717, 1.165) is 10.0 Å². The number of carbonyl (C=O) groups is 2. The molecule has 3 rings (SSSR count). The molecule has 1 fully saturated rings. The highest BCUT2D eigenvalue weighted by molar-refractivity contribution is 9.10. The standard InChI is InChI=1S/C19H23BrN6O2/c1-14-13-15(3-4-16(14)20)24-19(28)23-8-5-17(27)25-9-11-26(12-10-25)18-21-6-2-7-22-18/h2-4,6-7,13H,5,8-12H2,1H3,(H2,23,24,28). The maximum Gasteiger partial charge on any atom is 0.319 e. The lowest BCUT2D eigenvalue weighted by Crippen LogP contribution is -2.49. The lowest BCUT2D eigenvalue weighted by Gasteiger charge is -2.34. The number of benzene rings is 1. The zero-order valence-electron chi connectivity index (χ0n) is 15.7. The zero-order valence-corrected chi connectivity index (χ0v) is 17.3. The fourth-order valence-electron chi connectivity index (χ4n) is 2.95. The number of carbonyl (C=O) groups excluding carboxylic acids is 2. The highest BCUT2D eigenvalue weighted by Crippen LogP contribution is 2.19. The number of hydrogen-bond acceptors (Lipinski definition) is 5. The van der Waals surface area contributed by atoms with Crippen LogP contribution in [0.15, 0.2) is 41.1 Å². The van der Waals surface area contributed by atoms with Crippen molar-refractivity contribution >= 4 is 39.5 Å². The van der Waals surface area contributed by atoms with E-state index < -0.39 is 0 Å². The molecular weight excluding hydrogens is 424 g/mol. The number of aryl methyl sites for hydroxylation is 1. The number of rotatable bonds is 5. The number of amides is 3. The van der Waals surface area contributed by atoms with Crippen molar-refractivity contribution < 1.29 is 9.59 Å². The Hall–Kier alpha value is -2.68. The first-order valence-corrected chi connectivity index (χ1v) is 9.93. The number of piperazine rings is 1. The molecule has 0 bridgehead atoms. The van der Waals surface area contributed by atoms with E-state index >= 15 is 0 Å². The average Bonchev–Trinajstić information content (AvgIpc) is 2.71. The lowest BCUT2D eigenvalue weighted by molar-refractivity contribution is -0.131. The molecule has 1 aromatic carbocycles. The molecule has 0 aliphatic carbocycles. The molecule has 148 valence electrons. The molecule has 3 amide bonds. The quantitative estimate of drug-likeness (QED) is 0.735. The van der Waals surface area contributed by atoms with Gasteiger partial charge in [0.25, 0.3) is 0 Å². The average molecular weight is 447 g/mol. The summed E-state index contributed by atoms with van der Waals surface area (Å²) in [6.07, 6.45) is 3.70. The SMILES string of the molecule is Cc1cc(NC(=O)NCCC(=O)N2CCN(c3ncccn3)CC2)ccc1Br. The molecule has 28 heavy (non-hydrogen) atoms. The molecule has 8 nitrogen and oxygen atoms in total. The van der Waals surface area contributed by atoms with Gasteiger partial charge in [-0.3, -0.25) is 4.79 Å². The summed E-state index contributed by atoms with van der Waals surface area (Å²) in [6, 6.07) is 7.04. The van der Waals surface area contributed by atoms with Crippen LogP contribution < -0.4 is 15.5 Å². The Kier molecular flexibility index (Phi) is 6.80. The Morgan fingerprint density at radius 2 is 1.86 bits per heavy atom. The minimum atomic E-state index is -0.319. The second-order valence-electron chi connectivity index (χ2n) is 6.51. The van der Waals surface area contributed by atoms with Crippen molar-refractivity contribution in [2.75, 3.05) is 42.9 Å². The largest absolute Gasteiger partial charge is 0.339 e. The number of nitrogens with one attached hydrogen (secondary N) is 2. The van der Waals surface area contributed by atoms with Gasteiger partial charge in [-0.15, -0.1) is 0 Å². The van der Waals surface area contributed by atoms with Crippen LogP contribution in [0.4, 0.5) is 16.4 Å². The molecule has 0 atom stereocenters. The second kappa shape index (κ2) is 9.50. The summed E-state index contributed by atoms with van der Waals surface area (Å²) >= 11 is 3.43. The fourth-order valence-corrected chi connectivity index (χ4v) is 3.20. The van der Waals surface area contributed by atoms with E-state index in [1.54, 1.807) is 18.5 Å². The number of anilines is 2. The number of nitrogens with zero attached hydrogens (tertiary/aromatic N) is 4. The first-order chi connectivity index (χ1) is 13.5. The summed E-state index contributed by atoms with van der Waals surface area (Å²) in [5.74, 6) is 0.726. The van der Waals surface area contributed by atoms with Crippen molar-refractivity contribution in [3.63, 3.8) is 0 Å². The van der Waals surface area contributed by atoms with Gasteiger partial charge in [-0.05, 0) is 36.8 Å².